The number of carbonyl (C=O) groups is 3. The molecule has 0 amide bonds. The average Bonchev–Trinajstić information content (AvgIpc) is 3.15. The number of carbonyl (C=O) groups excluding carboxylic acids is 3. The van der Waals surface area contributed by atoms with Crippen LogP contribution < -0.4 is 0 Å². The third-order valence-electron chi connectivity index (χ3n) is 6.44. The summed E-state index contributed by atoms with van der Waals surface area (Å²) >= 11 is 0. The molecule has 0 unspecified atom stereocenters. The van der Waals surface area contributed by atoms with Gasteiger partial charge in [0.25, 0.3) is 0 Å². The van der Waals surface area contributed by atoms with Crippen LogP contribution in [0.25, 0.3) is 0 Å². The Kier molecular flexibility index (Phi) is 4.75. The number of hydrogen-bond acceptors (Lipinski definition) is 7. The Morgan fingerprint density at radius 2 is 1.96 bits per heavy atom. The molecule has 0 aliphatic carbocycles. The topological polar surface area (TPSA) is 88.1 Å². The predicted octanol–water partition coefficient (Wildman–Crippen LogP) is 2.17. The van der Waals surface area contributed by atoms with Crippen molar-refractivity contribution in [1.82, 2.24) is 0 Å². The summed E-state index contributed by atoms with van der Waals surface area (Å²) in [7, 11) is 1.49. The van der Waals surface area contributed by atoms with Crippen LogP contribution in [0.3, 0.4) is 0 Å². The van der Waals surface area contributed by atoms with Crippen LogP contribution in [0.2, 0.25) is 0 Å². The second kappa shape index (κ2) is 6.41. The van der Waals surface area contributed by atoms with Crippen molar-refractivity contribution in [3.05, 3.63) is 11.8 Å². The number of fused-ring (bicyclic) bond motifs is 1. The smallest absolute Gasteiger partial charge is 0.318 e. The molecule has 27 heavy (non-hydrogen) atoms. The van der Waals surface area contributed by atoms with Crippen molar-refractivity contribution < 1.29 is 33.3 Å². The highest BCUT2D eigenvalue weighted by molar-refractivity contribution is 5.99. The molecule has 0 spiro atoms. The van der Waals surface area contributed by atoms with Gasteiger partial charge in [-0.1, -0.05) is 20.8 Å². The summed E-state index contributed by atoms with van der Waals surface area (Å²) in [5.74, 6) is -2.04. The van der Waals surface area contributed by atoms with Crippen LogP contribution in [0.15, 0.2) is 11.8 Å². The number of methoxy groups -OCH3 is 1. The van der Waals surface area contributed by atoms with Gasteiger partial charge >= 0.3 is 5.97 Å². The van der Waals surface area contributed by atoms with E-state index in [2.05, 4.69) is 0 Å². The maximum atomic E-state index is 12.8. The fourth-order valence-electron chi connectivity index (χ4n) is 5.04. The number of allylic oxidation sites excluding steroid dienone is 1. The van der Waals surface area contributed by atoms with Crippen molar-refractivity contribution in [2.75, 3.05) is 7.11 Å². The summed E-state index contributed by atoms with van der Waals surface area (Å²) in [5.41, 5.74) is -2.26. The number of ketones is 1. The zero-order chi connectivity index (χ0) is 20.2. The molecule has 6 atom stereocenters. The summed E-state index contributed by atoms with van der Waals surface area (Å²) < 4.78 is 23.4. The van der Waals surface area contributed by atoms with Crippen molar-refractivity contribution in [2.24, 2.45) is 17.3 Å². The Morgan fingerprint density at radius 3 is 2.44 bits per heavy atom. The zero-order valence-corrected chi connectivity index (χ0v) is 16.7. The molecule has 0 bridgehead atoms. The average molecular weight is 380 g/mol. The highest BCUT2D eigenvalue weighted by atomic mass is 16.7. The molecular weight excluding hydrogens is 352 g/mol. The third-order valence-corrected chi connectivity index (χ3v) is 6.44. The van der Waals surface area contributed by atoms with Crippen LogP contribution in [-0.4, -0.2) is 48.7 Å². The summed E-state index contributed by atoms with van der Waals surface area (Å²) in [6.07, 6.45) is 1.39. The van der Waals surface area contributed by atoms with Crippen LogP contribution in [0, 0.1) is 17.3 Å². The lowest BCUT2D eigenvalue weighted by molar-refractivity contribution is -0.279. The quantitative estimate of drug-likeness (QED) is 0.515. The highest BCUT2D eigenvalue weighted by Crippen LogP contribution is 2.61. The van der Waals surface area contributed by atoms with Gasteiger partial charge in [-0.3, -0.25) is 14.4 Å². The fraction of sp³-hybridized carbons (Fsp3) is 0.750. The first kappa shape index (κ1) is 20.0. The molecule has 7 nitrogen and oxygen atoms in total. The third kappa shape index (κ3) is 2.51. The van der Waals surface area contributed by atoms with Gasteiger partial charge in [0.15, 0.2) is 23.8 Å². The molecule has 2 saturated heterocycles. The molecule has 0 aromatic carbocycles. The Balaban J connectivity index is 2.01. The van der Waals surface area contributed by atoms with Crippen LogP contribution in [0.5, 0.6) is 0 Å². The Labute approximate surface area is 159 Å². The number of rotatable bonds is 6. The first-order chi connectivity index (χ1) is 12.6. The monoisotopic (exact) mass is 380 g/mol. The first-order valence-corrected chi connectivity index (χ1v) is 9.43. The minimum Gasteiger partial charge on any atom is -0.484 e. The zero-order valence-electron chi connectivity index (χ0n) is 16.7. The molecule has 0 radical (unpaired) electrons. The van der Waals surface area contributed by atoms with Crippen LogP contribution >= 0.6 is 0 Å². The molecule has 3 aliphatic heterocycles. The van der Waals surface area contributed by atoms with E-state index in [4.69, 9.17) is 18.9 Å². The van der Waals surface area contributed by atoms with Gasteiger partial charge in [-0.15, -0.1) is 0 Å². The molecule has 3 rings (SSSR count). The summed E-state index contributed by atoms with van der Waals surface area (Å²) in [4.78, 5) is 37.0. The van der Waals surface area contributed by atoms with E-state index < -0.39 is 40.9 Å². The van der Waals surface area contributed by atoms with E-state index in [1.54, 1.807) is 13.8 Å². The van der Waals surface area contributed by atoms with E-state index in [1.807, 2.05) is 20.8 Å². The molecule has 0 N–H and O–H groups in total. The van der Waals surface area contributed by atoms with Gasteiger partial charge < -0.3 is 18.9 Å². The summed E-state index contributed by atoms with van der Waals surface area (Å²) in [5, 5.41) is 0. The van der Waals surface area contributed by atoms with E-state index in [1.165, 1.54) is 13.2 Å². The molecule has 3 heterocycles. The Hall–Kier alpha value is -1.73. The first-order valence-electron chi connectivity index (χ1n) is 9.43. The number of hydrogen-bond donors (Lipinski definition) is 0. The number of aldehydes is 1. The fourth-order valence-corrected chi connectivity index (χ4v) is 5.04. The Bertz CT molecular complexity index is 698. The molecule has 0 aromatic heterocycles. The number of ether oxygens (including phenoxy) is 4. The maximum Gasteiger partial charge on any atom is 0.318 e. The van der Waals surface area contributed by atoms with E-state index in [0.717, 1.165) is 0 Å². The maximum absolute atomic E-state index is 12.8. The van der Waals surface area contributed by atoms with Gasteiger partial charge in [0.05, 0.1) is 12.0 Å². The van der Waals surface area contributed by atoms with Crippen LogP contribution in [0.1, 0.15) is 47.5 Å². The van der Waals surface area contributed by atoms with E-state index >= 15 is 0 Å². The van der Waals surface area contributed by atoms with E-state index in [9.17, 15) is 14.4 Å². The molecule has 150 valence electrons. The summed E-state index contributed by atoms with van der Waals surface area (Å²) in [6.45, 7) is 9.14. The Morgan fingerprint density at radius 1 is 1.30 bits per heavy atom. The molecular formula is C20H28O7. The van der Waals surface area contributed by atoms with Crippen LogP contribution in [0.4, 0.5) is 0 Å². The van der Waals surface area contributed by atoms with Gasteiger partial charge in [-0.2, -0.15) is 0 Å². The second-order valence-electron chi connectivity index (χ2n) is 8.28. The second-order valence-corrected chi connectivity index (χ2v) is 8.28. The van der Waals surface area contributed by atoms with Gasteiger partial charge in [0, 0.05) is 31.9 Å². The minimum absolute atomic E-state index is 0.142. The largest absolute Gasteiger partial charge is 0.484 e. The van der Waals surface area contributed by atoms with Crippen molar-refractivity contribution in [3.8, 4) is 0 Å². The molecule has 3 aliphatic rings. The number of cyclic esters (lactones) is 1. The summed E-state index contributed by atoms with van der Waals surface area (Å²) in [6, 6.07) is 0. The van der Waals surface area contributed by atoms with Gasteiger partial charge in [0.2, 0.25) is 5.78 Å². The van der Waals surface area contributed by atoms with Gasteiger partial charge in [-0.05, 0) is 13.8 Å². The van der Waals surface area contributed by atoms with E-state index in [0.29, 0.717) is 18.5 Å². The van der Waals surface area contributed by atoms with Crippen molar-refractivity contribution in [2.45, 2.75) is 71.1 Å². The van der Waals surface area contributed by atoms with Crippen molar-refractivity contribution in [3.63, 3.8) is 0 Å². The molecule has 7 heteroatoms. The predicted molar refractivity (Wildman–Crippen MR) is 94.5 cm³/mol. The van der Waals surface area contributed by atoms with Gasteiger partial charge in [-0.25, -0.2) is 0 Å². The lowest BCUT2D eigenvalue weighted by Gasteiger charge is -2.41. The number of esters is 1. The molecule has 2 fully saturated rings. The van der Waals surface area contributed by atoms with Crippen molar-refractivity contribution in [1.29, 1.82) is 0 Å². The SMILES string of the molecule is CCC1=CC(=O)[C@](C)(C[C@@H]2O[C@](OC)(C(C)C)[C@@]3(C)C(=O)O[C@H](C=O)[C@@H]23)O1. The normalized spacial score (nSPS) is 43.5. The molecule has 0 aromatic rings. The molecule has 0 saturated carbocycles. The van der Waals surface area contributed by atoms with E-state index in [-0.39, 0.29) is 18.1 Å². The van der Waals surface area contributed by atoms with Crippen molar-refractivity contribution >= 4 is 18.0 Å². The standard InChI is InChI=1S/C20H28O7/c1-7-12-8-15(22)18(4,26-12)9-13-16-14(10-21)25-17(23)19(16,5)20(24-6,27-13)11(2)3/h8,10-11,13-14,16H,7,9H2,1-6H3/t13-,14+,16+,18-,19+,20+/m0/s1. The minimum atomic E-state index is -1.25. The lowest BCUT2D eigenvalue weighted by atomic mass is 9.66. The lowest BCUT2D eigenvalue weighted by Crippen LogP contribution is -2.54. The highest BCUT2D eigenvalue weighted by Gasteiger charge is 2.75. The van der Waals surface area contributed by atoms with Gasteiger partial charge in [0.1, 0.15) is 11.2 Å². The van der Waals surface area contributed by atoms with Crippen LogP contribution in [-0.2, 0) is 33.3 Å².